The van der Waals surface area contributed by atoms with E-state index in [0.717, 1.165) is 11.1 Å². The molecule has 1 unspecified atom stereocenters. The number of hydrogen-bond acceptors (Lipinski definition) is 2. The maximum absolute atomic E-state index is 10.8. The van der Waals surface area contributed by atoms with E-state index < -0.39 is 11.9 Å². The van der Waals surface area contributed by atoms with Crippen LogP contribution in [-0.2, 0) is 4.79 Å². The Balaban J connectivity index is 3.16. The van der Waals surface area contributed by atoms with Crippen LogP contribution in [0.25, 0.3) is 0 Å². The molecule has 3 nitrogen and oxygen atoms in total. The molecule has 0 spiro atoms. The Kier molecular flexibility index (Phi) is 3.12. The number of carboxylic acids is 1. The number of carbonyl (C=O) groups is 1. The van der Waals surface area contributed by atoms with E-state index in [1.807, 2.05) is 19.1 Å². The topological polar surface area (TPSA) is 46.5 Å². The molecule has 0 aliphatic heterocycles. The molecule has 0 bridgehead atoms. The van der Waals surface area contributed by atoms with Gasteiger partial charge in [-0.2, -0.15) is 0 Å². The van der Waals surface area contributed by atoms with E-state index in [1.54, 1.807) is 20.1 Å². The molecule has 3 heteroatoms. The number of ether oxygens (including phenoxy) is 1. The largest absolute Gasteiger partial charge is 0.496 e. The second-order valence-electron chi connectivity index (χ2n) is 3.31. The molecule has 0 heterocycles. The molecule has 1 rings (SSSR count). The molecule has 0 aliphatic rings. The number of hydrogen-bond donors (Lipinski definition) is 1. The first-order valence-electron chi connectivity index (χ1n) is 4.43. The summed E-state index contributed by atoms with van der Waals surface area (Å²) in [5.41, 5.74) is 1.76. The minimum atomic E-state index is -0.839. The summed E-state index contributed by atoms with van der Waals surface area (Å²) in [4.78, 5) is 10.8. The third-order valence-electron chi connectivity index (χ3n) is 2.22. The van der Waals surface area contributed by atoms with Gasteiger partial charge in [0, 0.05) is 5.56 Å². The molecule has 0 radical (unpaired) electrons. The first kappa shape index (κ1) is 10.6. The maximum Gasteiger partial charge on any atom is 0.310 e. The molecule has 1 N–H and O–H groups in total. The van der Waals surface area contributed by atoms with E-state index in [0.29, 0.717) is 5.75 Å². The summed E-state index contributed by atoms with van der Waals surface area (Å²) >= 11 is 0. The van der Waals surface area contributed by atoms with Gasteiger partial charge in [-0.25, -0.2) is 0 Å². The SMILES string of the molecule is COc1ccc(C)cc1C(C)C(=O)O. The Morgan fingerprint density at radius 1 is 1.50 bits per heavy atom. The molecule has 76 valence electrons. The molecule has 0 saturated heterocycles. The number of benzene rings is 1. The van der Waals surface area contributed by atoms with Gasteiger partial charge in [-0.1, -0.05) is 17.7 Å². The Morgan fingerprint density at radius 3 is 2.64 bits per heavy atom. The third kappa shape index (κ3) is 2.05. The average molecular weight is 194 g/mol. The highest BCUT2D eigenvalue weighted by Crippen LogP contribution is 2.27. The van der Waals surface area contributed by atoms with Crippen molar-refractivity contribution in [1.29, 1.82) is 0 Å². The second-order valence-corrected chi connectivity index (χ2v) is 3.31. The van der Waals surface area contributed by atoms with Gasteiger partial charge in [-0.15, -0.1) is 0 Å². The van der Waals surface area contributed by atoms with Crippen molar-refractivity contribution < 1.29 is 14.6 Å². The fourth-order valence-corrected chi connectivity index (χ4v) is 1.33. The van der Waals surface area contributed by atoms with E-state index >= 15 is 0 Å². The van der Waals surface area contributed by atoms with Crippen LogP contribution in [0.3, 0.4) is 0 Å². The summed E-state index contributed by atoms with van der Waals surface area (Å²) in [6.45, 7) is 3.58. The zero-order valence-electron chi connectivity index (χ0n) is 8.57. The fraction of sp³-hybridized carbons (Fsp3) is 0.364. The highest BCUT2D eigenvalue weighted by molar-refractivity contribution is 5.76. The van der Waals surface area contributed by atoms with Gasteiger partial charge in [0.25, 0.3) is 0 Å². The van der Waals surface area contributed by atoms with E-state index in [1.165, 1.54) is 0 Å². The summed E-state index contributed by atoms with van der Waals surface area (Å²) in [5, 5.41) is 8.89. The summed E-state index contributed by atoms with van der Waals surface area (Å²) < 4.78 is 5.11. The summed E-state index contributed by atoms with van der Waals surface area (Å²) in [5.74, 6) is -0.746. The van der Waals surface area contributed by atoms with E-state index in [4.69, 9.17) is 9.84 Å². The van der Waals surface area contributed by atoms with Crippen LogP contribution in [0.5, 0.6) is 5.75 Å². The first-order chi connectivity index (χ1) is 6.56. The van der Waals surface area contributed by atoms with Crippen LogP contribution in [0.15, 0.2) is 18.2 Å². The van der Waals surface area contributed by atoms with Gasteiger partial charge in [-0.3, -0.25) is 4.79 Å². The zero-order valence-corrected chi connectivity index (χ0v) is 8.57. The van der Waals surface area contributed by atoms with Gasteiger partial charge >= 0.3 is 5.97 Å². The quantitative estimate of drug-likeness (QED) is 0.802. The lowest BCUT2D eigenvalue weighted by Crippen LogP contribution is -2.09. The van der Waals surface area contributed by atoms with Gasteiger partial charge in [-0.05, 0) is 19.9 Å². The van der Waals surface area contributed by atoms with Gasteiger partial charge in [0.2, 0.25) is 0 Å². The minimum Gasteiger partial charge on any atom is -0.496 e. The van der Waals surface area contributed by atoms with E-state index in [2.05, 4.69) is 0 Å². The van der Waals surface area contributed by atoms with Gasteiger partial charge in [0.15, 0.2) is 0 Å². The Morgan fingerprint density at radius 2 is 2.14 bits per heavy atom. The summed E-state index contributed by atoms with van der Waals surface area (Å²) in [6, 6.07) is 5.54. The zero-order chi connectivity index (χ0) is 10.7. The minimum absolute atomic E-state index is 0.537. The van der Waals surface area contributed by atoms with Crippen molar-refractivity contribution >= 4 is 5.97 Å². The van der Waals surface area contributed by atoms with Crippen LogP contribution in [0.1, 0.15) is 24.0 Å². The van der Waals surface area contributed by atoms with Crippen molar-refractivity contribution in [3.8, 4) is 5.75 Å². The maximum atomic E-state index is 10.8. The predicted molar refractivity (Wildman–Crippen MR) is 53.8 cm³/mol. The van der Waals surface area contributed by atoms with Crippen molar-refractivity contribution in [3.05, 3.63) is 29.3 Å². The third-order valence-corrected chi connectivity index (χ3v) is 2.22. The van der Waals surface area contributed by atoms with Crippen molar-refractivity contribution in [2.24, 2.45) is 0 Å². The van der Waals surface area contributed by atoms with Crippen molar-refractivity contribution in [1.82, 2.24) is 0 Å². The van der Waals surface area contributed by atoms with Crippen molar-refractivity contribution in [3.63, 3.8) is 0 Å². The monoisotopic (exact) mass is 194 g/mol. The smallest absolute Gasteiger partial charge is 0.310 e. The Bertz CT molecular complexity index is 344. The Hall–Kier alpha value is -1.51. The molecule has 0 aliphatic carbocycles. The molecule has 0 aromatic heterocycles. The Labute approximate surface area is 83.3 Å². The molecule has 1 atom stereocenters. The molecule has 0 fully saturated rings. The molecule has 1 aromatic rings. The molecule has 0 saturated carbocycles. The lowest BCUT2D eigenvalue weighted by Gasteiger charge is -2.12. The fourth-order valence-electron chi connectivity index (χ4n) is 1.33. The van der Waals surface area contributed by atoms with Crippen LogP contribution in [0.4, 0.5) is 0 Å². The first-order valence-corrected chi connectivity index (χ1v) is 4.43. The number of rotatable bonds is 3. The van der Waals surface area contributed by atoms with E-state index in [-0.39, 0.29) is 0 Å². The second kappa shape index (κ2) is 4.13. The summed E-state index contributed by atoms with van der Waals surface area (Å²) in [7, 11) is 1.54. The van der Waals surface area contributed by atoms with Gasteiger partial charge < -0.3 is 9.84 Å². The lowest BCUT2D eigenvalue weighted by molar-refractivity contribution is -0.138. The molecule has 0 amide bonds. The summed E-state index contributed by atoms with van der Waals surface area (Å²) in [6.07, 6.45) is 0. The molecule has 14 heavy (non-hydrogen) atoms. The van der Waals surface area contributed by atoms with Crippen LogP contribution in [0, 0.1) is 6.92 Å². The number of carboxylic acid groups (broad SMARTS) is 1. The van der Waals surface area contributed by atoms with Gasteiger partial charge in [0.1, 0.15) is 5.75 Å². The highest BCUT2D eigenvalue weighted by Gasteiger charge is 2.17. The van der Waals surface area contributed by atoms with Crippen LogP contribution < -0.4 is 4.74 Å². The van der Waals surface area contributed by atoms with Crippen LogP contribution in [0.2, 0.25) is 0 Å². The van der Waals surface area contributed by atoms with Crippen LogP contribution in [-0.4, -0.2) is 18.2 Å². The normalized spacial score (nSPS) is 12.2. The molecule has 1 aromatic carbocycles. The van der Waals surface area contributed by atoms with Crippen LogP contribution >= 0.6 is 0 Å². The van der Waals surface area contributed by atoms with E-state index in [9.17, 15) is 4.79 Å². The number of aryl methyl sites for hydroxylation is 1. The lowest BCUT2D eigenvalue weighted by atomic mass is 9.98. The van der Waals surface area contributed by atoms with Gasteiger partial charge in [0.05, 0.1) is 13.0 Å². The predicted octanol–water partition coefficient (Wildman–Crippen LogP) is 2.19. The number of aliphatic carboxylic acids is 1. The average Bonchev–Trinajstić information content (AvgIpc) is 2.16. The molecular weight excluding hydrogens is 180 g/mol. The standard InChI is InChI=1S/C11H14O3/c1-7-4-5-10(14-3)9(6-7)8(2)11(12)13/h4-6,8H,1-3H3,(H,12,13). The van der Waals surface area contributed by atoms with Crippen molar-refractivity contribution in [2.45, 2.75) is 19.8 Å². The number of methoxy groups -OCH3 is 1. The molecular formula is C11H14O3. The van der Waals surface area contributed by atoms with Crippen molar-refractivity contribution in [2.75, 3.05) is 7.11 Å². The highest BCUT2D eigenvalue weighted by atomic mass is 16.5.